The summed E-state index contributed by atoms with van der Waals surface area (Å²) in [4.78, 5) is 22.7. The fourth-order valence-electron chi connectivity index (χ4n) is 4.65. The van der Waals surface area contributed by atoms with Gasteiger partial charge in [0.1, 0.15) is 37.1 Å². The van der Waals surface area contributed by atoms with Crippen molar-refractivity contribution < 1.29 is 33.7 Å². The Hall–Kier alpha value is -4.85. The van der Waals surface area contributed by atoms with Gasteiger partial charge in [-0.3, -0.25) is 9.59 Å². The lowest BCUT2D eigenvalue weighted by Crippen LogP contribution is -2.10. The van der Waals surface area contributed by atoms with E-state index in [2.05, 4.69) is 0 Å². The van der Waals surface area contributed by atoms with Crippen LogP contribution in [-0.4, -0.2) is 39.9 Å². The second-order valence-electron chi connectivity index (χ2n) is 9.48. The maximum absolute atomic E-state index is 12.9. The van der Waals surface area contributed by atoms with Gasteiger partial charge in [0.15, 0.2) is 0 Å². The molecule has 8 heteroatoms. The van der Waals surface area contributed by atoms with E-state index in [0.29, 0.717) is 37.6 Å². The van der Waals surface area contributed by atoms with E-state index in [-0.39, 0.29) is 18.8 Å². The first kappa shape index (κ1) is 29.1. The molecule has 0 saturated carbocycles. The topological polar surface area (TPSA) is 98.0 Å². The molecule has 2 N–H and O–H groups in total. The molecule has 0 atom stereocenters. The molecule has 41 heavy (non-hydrogen) atoms. The van der Waals surface area contributed by atoms with Gasteiger partial charge in [-0.25, -0.2) is 4.39 Å². The normalized spacial score (nSPS) is 11.5. The minimum absolute atomic E-state index is 0.0621. The third-order valence-corrected chi connectivity index (χ3v) is 6.62. The van der Waals surface area contributed by atoms with Crippen molar-refractivity contribution >= 4 is 35.0 Å². The number of ether oxygens (including phenoxy) is 2. The van der Waals surface area contributed by atoms with Crippen LogP contribution in [0.5, 0.6) is 11.5 Å². The van der Waals surface area contributed by atoms with Crippen LogP contribution in [0, 0.1) is 12.7 Å². The Morgan fingerprint density at radius 3 is 2.10 bits per heavy atom. The Labute approximate surface area is 237 Å². The third kappa shape index (κ3) is 8.08. The summed E-state index contributed by atoms with van der Waals surface area (Å²) in [6.07, 6.45) is 8.71. The summed E-state index contributed by atoms with van der Waals surface area (Å²) in [6.45, 7) is 2.44. The van der Waals surface area contributed by atoms with Gasteiger partial charge in [-0.1, -0.05) is 42.5 Å². The molecule has 0 amide bonds. The second-order valence-corrected chi connectivity index (χ2v) is 9.48. The van der Waals surface area contributed by atoms with Crippen LogP contribution in [0.15, 0.2) is 78.9 Å². The number of benzene rings is 3. The molecule has 0 saturated heterocycles. The maximum atomic E-state index is 12.9. The lowest BCUT2D eigenvalue weighted by molar-refractivity contribution is -0.138. The number of fused-ring (bicyclic) bond motifs is 1. The maximum Gasteiger partial charge on any atom is 0.323 e. The summed E-state index contributed by atoms with van der Waals surface area (Å²) in [5.41, 5.74) is 4.47. The molecule has 0 bridgehead atoms. The van der Waals surface area contributed by atoms with Crippen LogP contribution in [0.3, 0.4) is 0 Å². The molecular weight excluding hydrogens is 525 g/mol. The van der Waals surface area contributed by atoms with Crippen molar-refractivity contribution in [3.8, 4) is 11.5 Å². The Kier molecular flexibility index (Phi) is 9.94. The highest BCUT2D eigenvalue weighted by molar-refractivity contribution is 5.95. The molecule has 1 heterocycles. The number of halogens is 1. The number of aromatic nitrogens is 1. The molecule has 0 aliphatic rings. The monoisotopic (exact) mass is 557 g/mol. The second kappa shape index (κ2) is 14.0. The molecule has 0 unspecified atom stereocenters. The molecule has 212 valence electrons. The van der Waals surface area contributed by atoms with E-state index >= 15 is 0 Å². The van der Waals surface area contributed by atoms with Crippen LogP contribution < -0.4 is 9.47 Å². The van der Waals surface area contributed by atoms with E-state index in [4.69, 9.17) is 14.6 Å². The first-order chi connectivity index (χ1) is 19.8. The molecular formula is C33H32FNO6. The molecule has 0 spiro atoms. The molecule has 7 nitrogen and oxygen atoms in total. The highest BCUT2D eigenvalue weighted by Gasteiger charge is 2.18. The number of hydrogen-bond acceptors (Lipinski definition) is 4. The van der Waals surface area contributed by atoms with E-state index in [1.807, 2.05) is 73.7 Å². The predicted molar refractivity (Wildman–Crippen MR) is 157 cm³/mol. The SMILES string of the molecule is Cc1c(CCCC(=O)O)c2cccc(/C=C/c3ccc(OC/C=C/COc4ccc(F)cc4)cc3)c2n1CC(=O)O. The number of aliphatic carboxylic acids is 2. The molecule has 0 aliphatic carbocycles. The summed E-state index contributed by atoms with van der Waals surface area (Å²) in [7, 11) is 0. The number of rotatable bonds is 14. The van der Waals surface area contributed by atoms with Gasteiger partial charge in [-0.05, 0) is 85.0 Å². The smallest absolute Gasteiger partial charge is 0.323 e. The van der Waals surface area contributed by atoms with Crippen molar-refractivity contribution in [1.82, 2.24) is 4.57 Å². The van der Waals surface area contributed by atoms with Gasteiger partial charge in [0.05, 0.1) is 5.52 Å². The zero-order valence-corrected chi connectivity index (χ0v) is 22.8. The number of nitrogens with zero attached hydrogens (tertiary/aromatic N) is 1. The van der Waals surface area contributed by atoms with Crippen molar-refractivity contribution in [3.63, 3.8) is 0 Å². The number of carboxylic acids is 2. The van der Waals surface area contributed by atoms with Crippen LogP contribution in [0.2, 0.25) is 0 Å². The minimum atomic E-state index is -0.938. The largest absolute Gasteiger partial charge is 0.490 e. The van der Waals surface area contributed by atoms with E-state index in [1.165, 1.54) is 12.1 Å². The number of aryl methyl sites for hydroxylation is 1. The van der Waals surface area contributed by atoms with Crippen molar-refractivity contribution in [2.75, 3.05) is 13.2 Å². The quantitative estimate of drug-likeness (QED) is 0.131. The van der Waals surface area contributed by atoms with Gasteiger partial charge in [0.2, 0.25) is 0 Å². The van der Waals surface area contributed by atoms with Gasteiger partial charge in [0, 0.05) is 17.5 Å². The summed E-state index contributed by atoms with van der Waals surface area (Å²) in [5.74, 6) is -0.779. The molecule has 0 fully saturated rings. The molecule has 0 aliphatic heterocycles. The third-order valence-electron chi connectivity index (χ3n) is 6.62. The lowest BCUT2D eigenvalue weighted by atomic mass is 10.0. The Bertz CT molecular complexity index is 1550. The average Bonchev–Trinajstić information content (AvgIpc) is 3.21. The number of carbonyl (C=O) groups is 2. The lowest BCUT2D eigenvalue weighted by Gasteiger charge is -2.08. The van der Waals surface area contributed by atoms with Crippen LogP contribution in [0.4, 0.5) is 4.39 Å². The van der Waals surface area contributed by atoms with Gasteiger partial charge in [-0.2, -0.15) is 0 Å². The van der Waals surface area contributed by atoms with Crippen molar-refractivity contribution in [2.24, 2.45) is 0 Å². The fraction of sp³-hybridized carbons (Fsp3) is 0.212. The van der Waals surface area contributed by atoms with Crippen LogP contribution in [-0.2, 0) is 22.6 Å². The summed E-state index contributed by atoms with van der Waals surface area (Å²) in [6, 6.07) is 19.3. The van der Waals surface area contributed by atoms with Crippen molar-refractivity contribution in [3.05, 3.63) is 107 Å². The summed E-state index contributed by atoms with van der Waals surface area (Å²) in [5, 5.41) is 19.5. The van der Waals surface area contributed by atoms with Crippen LogP contribution in [0.1, 0.15) is 35.2 Å². The molecule has 3 aromatic carbocycles. The van der Waals surface area contributed by atoms with Gasteiger partial charge in [-0.15, -0.1) is 0 Å². The molecule has 0 radical (unpaired) electrons. The van der Waals surface area contributed by atoms with Crippen LogP contribution in [0.25, 0.3) is 23.1 Å². The first-order valence-corrected chi connectivity index (χ1v) is 13.3. The van der Waals surface area contributed by atoms with E-state index in [9.17, 15) is 19.1 Å². The van der Waals surface area contributed by atoms with Crippen LogP contribution >= 0.6 is 0 Å². The molecule has 1 aromatic heterocycles. The summed E-state index contributed by atoms with van der Waals surface area (Å²) >= 11 is 0. The fourth-order valence-corrected chi connectivity index (χ4v) is 4.65. The van der Waals surface area contributed by atoms with Gasteiger partial charge in [0.25, 0.3) is 0 Å². The Balaban J connectivity index is 1.41. The highest BCUT2D eigenvalue weighted by Crippen LogP contribution is 2.31. The minimum Gasteiger partial charge on any atom is -0.490 e. The standard InChI is InChI=1S/C33H32FNO6/c1-23-29(7-5-9-31(36)37)30-8-4-6-25(33(30)35(23)22-32(38)39)13-10-24-11-16-27(17-12-24)40-20-2-3-21-41-28-18-14-26(34)15-19-28/h2-4,6,8,10-19H,5,7,9,20-22H2,1H3,(H,36,37)(H,38,39)/b3-2+,13-10+. The predicted octanol–water partition coefficient (Wildman–Crippen LogP) is 6.77. The molecule has 4 rings (SSSR count). The van der Waals surface area contributed by atoms with E-state index < -0.39 is 11.9 Å². The zero-order chi connectivity index (χ0) is 29.2. The van der Waals surface area contributed by atoms with E-state index in [0.717, 1.165) is 33.3 Å². The Morgan fingerprint density at radius 2 is 1.49 bits per heavy atom. The summed E-state index contributed by atoms with van der Waals surface area (Å²) < 4.78 is 26.0. The van der Waals surface area contributed by atoms with Gasteiger partial charge >= 0.3 is 11.9 Å². The first-order valence-electron chi connectivity index (χ1n) is 13.3. The van der Waals surface area contributed by atoms with E-state index in [1.54, 1.807) is 16.7 Å². The van der Waals surface area contributed by atoms with Gasteiger partial charge < -0.3 is 24.3 Å². The highest BCUT2D eigenvalue weighted by atomic mass is 19.1. The Morgan fingerprint density at radius 1 is 0.854 bits per heavy atom. The number of hydrogen-bond donors (Lipinski definition) is 2. The number of para-hydroxylation sites is 1. The number of carboxylic acid groups (broad SMARTS) is 2. The van der Waals surface area contributed by atoms with Crippen molar-refractivity contribution in [2.45, 2.75) is 32.7 Å². The van der Waals surface area contributed by atoms with Crippen molar-refractivity contribution in [1.29, 1.82) is 0 Å². The molecule has 4 aromatic rings. The average molecular weight is 558 g/mol. The zero-order valence-electron chi connectivity index (χ0n) is 22.8.